The zero-order valence-corrected chi connectivity index (χ0v) is 27.9. The molecule has 1 saturated heterocycles. The quantitative estimate of drug-likeness (QED) is 0.0768. The Bertz CT molecular complexity index is 1540. The fraction of sp³-hybridized carbons (Fsp3) is 0.433. The first-order chi connectivity index (χ1) is 23.0. The first-order valence-electron chi connectivity index (χ1n) is 14.4. The van der Waals surface area contributed by atoms with Crippen molar-refractivity contribution in [2.24, 2.45) is 11.5 Å². The van der Waals surface area contributed by atoms with Crippen LogP contribution in [-0.2, 0) is 33.8 Å². The lowest BCUT2D eigenvalue weighted by Crippen LogP contribution is -2.64. The highest BCUT2D eigenvalue weighted by Gasteiger charge is 2.51. The highest BCUT2D eigenvalue weighted by atomic mass is 32.2. The van der Waals surface area contributed by atoms with E-state index in [9.17, 15) is 47.4 Å². The SMILES string of the molecule is CSCCC(N)(C(=O)OOC(=O)C(F)(F)F)C(=O)c1ccc(NOC(=O)C2CC(O)CN2C(N)(CCSC)C(=O)O)cc1-c1ccccc1. The van der Waals surface area contributed by atoms with E-state index in [1.807, 2.05) is 0 Å². The standard InChI is InChI=1S/C30H35F3N4O10S2/c1-48-12-10-28(34,26(43)46-47-27(44)30(31,32)33)23(39)20-9-8-18(14-21(20)17-6-4-3-5-7-17)36-45-24(40)22-15-19(38)16-37(22)29(35,25(41)42)11-13-49-2/h3-9,14,19,22,36,38H,10-13,15-16,34-35H2,1-2H3,(H,41,42). The zero-order chi connectivity index (χ0) is 36.6. The van der Waals surface area contributed by atoms with E-state index >= 15 is 0 Å². The van der Waals surface area contributed by atoms with E-state index in [1.165, 1.54) is 46.6 Å². The number of aliphatic carboxylic acids is 1. The number of Topliss-reactive ketones (excluding diaryl/α,β-unsaturated/α-hetero) is 1. The molecule has 1 fully saturated rings. The fourth-order valence-electron chi connectivity index (χ4n) is 4.96. The summed E-state index contributed by atoms with van der Waals surface area (Å²) in [4.78, 5) is 77.4. The molecule has 7 N–H and O–H groups in total. The van der Waals surface area contributed by atoms with Gasteiger partial charge in [-0.25, -0.2) is 34.4 Å². The lowest BCUT2D eigenvalue weighted by atomic mass is 9.84. The fourth-order valence-corrected chi connectivity index (χ4v) is 6.00. The predicted molar refractivity (Wildman–Crippen MR) is 173 cm³/mol. The number of hydrogen-bond acceptors (Lipinski definition) is 15. The molecule has 268 valence electrons. The van der Waals surface area contributed by atoms with E-state index in [-0.39, 0.29) is 42.0 Å². The van der Waals surface area contributed by atoms with Crippen LogP contribution in [0.25, 0.3) is 11.1 Å². The van der Waals surface area contributed by atoms with Crippen LogP contribution in [0.2, 0.25) is 0 Å². The van der Waals surface area contributed by atoms with Crippen molar-refractivity contribution in [2.45, 2.75) is 48.8 Å². The second-order valence-corrected chi connectivity index (χ2v) is 12.9. The molecular weight excluding hydrogens is 697 g/mol. The van der Waals surface area contributed by atoms with Crippen LogP contribution >= 0.6 is 23.5 Å². The highest BCUT2D eigenvalue weighted by Crippen LogP contribution is 2.33. The molecule has 0 spiro atoms. The number of halogens is 3. The molecule has 2 aromatic rings. The first-order valence-corrected chi connectivity index (χ1v) is 17.2. The van der Waals surface area contributed by atoms with Crippen LogP contribution in [-0.4, -0.2) is 105 Å². The number of nitrogens with two attached hydrogens (primary N) is 2. The summed E-state index contributed by atoms with van der Waals surface area (Å²) in [7, 11) is 0. The molecule has 0 saturated carbocycles. The van der Waals surface area contributed by atoms with Gasteiger partial charge in [-0.1, -0.05) is 30.3 Å². The van der Waals surface area contributed by atoms with Gasteiger partial charge < -0.3 is 26.5 Å². The molecule has 19 heteroatoms. The molecule has 49 heavy (non-hydrogen) atoms. The third-order valence-electron chi connectivity index (χ3n) is 7.63. The number of ketones is 1. The van der Waals surface area contributed by atoms with Gasteiger partial charge in [-0.2, -0.15) is 36.7 Å². The molecule has 0 aliphatic carbocycles. The van der Waals surface area contributed by atoms with Crippen LogP contribution in [0.3, 0.4) is 0 Å². The number of likely N-dealkylation sites (tertiary alicyclic amines) is 1. The minimum absolute atomic E-state index is 0.0266. The number of thioether (sulfide) groups is 2. The zero-order valence-electron chi connectivity index (χ0n) is 26.2. The first kappa shape index (κ1) is 39.6. The molecule has 2 aromatic carbocycles. The molecule has 1 heterocycles. The second-order valence-electron chi connectivity index (χ2n) is 11.0. The predicted octanol–water partition coefficient (Wildman–Crippen LogP) is 2.35. The lowest BCUT2D eigenvalue weighted by Gasteiger charge is -2.37. The smallest absolute Gasteiger partial charge is 0.479 e. The number of alkyl halides is 3. The van der Waals surface area contributed by atoms with Crippen LogP contribution in [0, 0.1) is 0 Å². The molecule has 0 radical (unpaired) electrons. The summed E-state index contributed by atoms with van der Waals surface area (Å²) in [5.41, 5.74) is 10.8. The van der Waals surface area contributed by atoms with Crippen LogP contribution in [0.1, 0.15) is 29.6 Å². The van der Waals surface area contributed by atoms with Gasteiger partial charge >= 0.3 is 30.1 Å². The number of anilines is 1. The van der Waals surface area contributed by atoms with Crippen molar-refractivity contribution in [1.82, 2.24) is 4.90 Å². The summed E-state index contributed by atoms with van der Waals surface area (Å²) in [6, 6.07) is 10.8. The van der Waals surface area contributed by atoms with Gasteiger partial charge in [0, 0.05) is 18.5 Å². The number of nitrogens with one attached hydrogen (secondary N) is 1. The van der Waals surface area contributed by atoms with Crippen molar-refractivity contribution in [2.75, 3.05) is 36.0 Å². The Morgan fingerprint density at radius 2 is 1.57 bits per heavy atom. The summed E-state index contributed by atoms with van der Waals surface area (Å²) in [5.74, 6) is -7.54. The van der Waals surface area contributed by atoms with Gasteiger partial charge in [0.25, 0.3) is 0 Å². The van der Waals surface area contributed by atoms with E-state index in [1.54, 1.807) is 42.8 Å². The Kier molecular flexibility index (Phi) is 13.5. The van der Waals surface area contributed by atoms with Crippen molar-refractivity contribution in [1.29, 1.82) is 0 Å². The topological polar surface area (TPSA) is 221 Å². The molecule has 4 atom stereocenters. The van der Waals surface area contributed by atoms with Crippen LogP contribution in [0.5, 0.6) is 0 Å². The number of aliphatic hydroxyl groups is 1. The number of carboxylic acids is 1. The van der Waals surface area contributed by atoms with Gasteiger partial charge in [0.05, 0.1) is 11.8 Å². The van der Waals surface area contributed by atoms with Crippen molar-refractivity contribution in [3.05, 3.63) is 54.1 Å². The second kappa shape index (κ2) is 16.7. The van der Waals surface area contributed by atoms with Crippen LogP contribution in [0.4, 0.5) is 18.9 Å². The minimum atomic E-state index is -5.48. The summed E-state index contributed by atoms with van der Waals surface area (Å²) in [5, 5.41) is 20.2. The Morgan fingerprint density at radius 3 is 2.16 bits per heavy atom. The van der Waals surface area contributed by atoms with E-state index in [2.05, 4.69) is 15.3 Å². The van der Waals surface area contributed by atoms with Crippen molar-refractivity contribution in [3.8, 4) is 11.1 Å². The van der Waals surface area contributed by atoms with E-state index < -0.39 is 65.6 Å². The van der Waals surface area contributed by atoms with E-state index in [0.717, 1.165) is 0 Å². The third-order valence-corrected chi connectivity index (χ3v) is 8.86. The third kappa shape index (κ3) is 9.43. The van der Waals surface area contributed by atoms with Crippen molar-refractivity contribution in [3.63, 3.8) is 0 Å². The van der Waals surface area contributed by atoms with Crippen LogP contribution in [0.15, 0.2) is 48.5 Å². The Hall–Kier alpha value is -3.88. The molecule has 0 amide bonds. The molecule has 1 aliphatic heterocycles. The average molecular weight is 733 g/mol. The van der Waals surface area contributed by atoms with E-state index in [4.69, 9.17) is 16.3 Å². The maximum atomic E-state index is 13.9. The van der Waals surface area contributed by atoms with E-state index in [0.29, 0.717) is 11.3 Å². The van der Waals surface area contributed by atoms with Gasteiger partial charge in [-0.05, 0) is 66.2 Å². The van der Waals surface area contributed by atoms with Gasteiger partial charge in [0.15, 0.2) is 17.0 Å². The molecule has 1 aliphatic rings. The van der Waals surface area contributed by atoms with Gasteiger partial charge in [-0.15, -0.1) is 0 Å². The summed E-state index contributed by atoms with van der Waals surface area (Å²) in [6.07, 6.45) is -3.75. The van der Waals surface area contributed by atoms with Crippen molar-refractivity contribution < 1.29 is 62.0 Å². The average Bonchev–Trinajstić information content (AvgIpc) is 3.48. The molecule has 3 rings (SSSR count). The largest absolute Gasteiger partial charge is 0.495 e. The Balaban J connectivity index is 1.92. The number of carbonyl (C=O) groups excluding carboxylic acids is 4. The van der Waals surface area contributed by atoms with Crippen molar-refractivity contribution >= 4 is 58.9 Å². The number of rotatable bonds is 15. The highest BCUT2D eigenvalue weighted by molar-refractivity contribution is 7.98. The molecular formula is C30H35F3N4O10S2. The molecule has 4 unspecified atom stereocenters. The summed E-state index contributed by atoms with van der Waals surface area (Å²) in [6.45, 7) is -0.193. The maximum absolute atomic E-state index is 13.9. The Morgan fingerprint density at radius 1 is 0.959 bits per heavy atom. The number of β-amino-alcohol motifs (C(OH)–C–C–N with tert-alkyl or cyclic N) is 1. The summed E-state index contributed by atoms with van der Waals surface area (Å²) >= 11 is 2.53. The summed E-state index contributed by atoms with van der Waals surface area (Å²) < 4.78 is 37.9. The van der Waals surface area contributed by atoms with Gasteiger partial charge in [-0.3, -0.25) is 9.69 Å². The molecule has 14 nitrogen and oxygen atoms in total. The number of aliphatic hydroxyl groups excluding tert-OH is 1. The maximum Gasteiger partial charge on any atom is 0.495 e. The molecule has 0 aromatic heterocycles. The van der Waals surface area contributed by atoms with Gasteiger partial charge in [0.1, 0.15) is 6.04 Å². The number of nitrogens with zero attached hydrogens (tertiary/aromatic N) is 1. The van der Waals surface area contributed by atoms with Crippen LogP contribution < -0.4 is 16.9 Å². The number of carboxylic acid groups (broad SMARTS) is 1. The van der Waals surface area contributed by atoms with Gasteiger partial charge in [0.2, 0.25) is 0 Å². The number of carbonyl (C=O) groups is 5. The Labute approximate surface area is 286 Å². The minimum Gasteiger partial charge on any atom is -0.479 e. The lowest BCUT2D eigenvalue weighted by molar-refractivity contribution is -0.287. The molecule has 0 bridgehead atoms. The normalized spacial score (nSPS) is 18.9. The number of hydrogen-bond donors (Lipinski definition) is 5. The monoisotopic (exact) mass is 732 g/mol. The number of benzene rings is 2.